The van der Waals surface area contributed by atoms with E-state index in [0.29, 0.717) is 12.8 Å². The zero-order valence-electron chi connectivity index (χ0n) is 10.8. The van der Waals surface area contributed by atoms with E-state index in [9.17, 15) is 9.59 Å². The van der Waals surface area contributed by atoms with E-state index in [0.717, 1.165) is 38.5 Å². The van der Waals surface area contributed by atoms with Crippen LogP contribution in [0.15, 0.2) is 0 Å². The molecule has 0 aromatic carbocycles. The fourth-order valence-electron chi connectivity index (χ4n) is 3.18. The fourth-order valence-corrected chi connectivity index (χ4v) is 3.18. The summed E-state index contributed by atoms with van der Waals surface area (Å²) in [4.78, 5) is 23.9. The number of carbonyl (C=O) groups is 2. The second-order valence-electron chi connectivity index (χ2n) is 5.77. The summed E-state index contributed by atoms with van der Waals surface area (Å²) in [6.45, 7) is 0. The van der Waals surface area contributed by atoms with E-state index in [1.54, 1.807) is 0 Å². The lowest BCUT2D eigenvalue weighted by molar-refractivity contribution is -0.135. The molecule has 0 radical (unpaired) electrons. The van der Waals surface area contributed by atoms with E-state index in [1.165, 1.54) is 0 Å². The van der Waals surface area contributed by atoms with Crippen LogP contribution in [0.1, 0.15) is 51.4 Å². The third-order valence-corrected chi connectivity index (χ3v) is 4.39. The number of rotatable bonds is 3. The highest BCUT2D eigenvalue weighted by atomic mass is 16.2. The van der Waals surface area contributed by atoms with Crippen LogP contribution in [0.5, 0.6) is 0 Å². The van der Waals surface area contributed by atoms with Crippen molar-refractivity contribution in [3.63, 3.8) is 0 Å². The van der Waals surface area contributed by atoms with Crippen LogP contribution in [0.3, 0.4) is 0 Å². The van der Waals surface area contributed by atoms with E-state index in [4.69, 9.17) is 11.5 Å². The van der Waals surface area contributed by atoms with Gasteiger partial charge in [0.15, 0.2) is 0 Å². The van der Waals surface area contributed by atoms with Crippen molar-refractivity contribution in [2.24, 2.45) is 17.4 Å². The normalized spacial score (nSPS) is 30.9. The molecular formula is C13H23N3O2. The van der Waals surface area contributed by atoms with E-state index in [2.05, 4.69) is 5.32 Å². The highest BCUT2D eigenvalue weighted by Gasteiger charge is 2.41. The Morgan fingerprint density at radius 1 is 1.11 bits per heavy atom. The summed E-state index contributed by atoms with van der Waals surface area (Å²) in [7, 11) is 0. The van der Waals surface area contributed by atoms with Crippen LogP contribution >= 0.6 is 0 Å². The lowest BCUT2D eigenvalue weighted by Gasteiger charge is -2.35. The molecule has 2 aliphatic carbocycles. The van der Waals surface area contributed by atoms with E-state index in [1.807, 2.05) is 0 Å². The van der Waals surface area contributed by atoms with Gasteiger partial charge in [0.05, 0.1) is 0 Å². The van der Waals surface area contributed by atoms with Crippen molar-refractivity contribution in [1.82, 2.24) is 5.32 Å². The van der Waals surface area contributed by atoms with Crippen molar-refractivity contribution in [1.29, 1.82) is 0 Å². The Kier molecular flexibility index (Phi) is 3.90. The average Bonchev–Trinajstić information content (AvgIpc) is 2.77. The van der Waals surface area contributed by atoms with Gasteiger partial charge in [0.1, 0.15) is 5.54 Å². The van der Waals surface area contributed by atoms with E-state index in [-0.39, 0.29) is 17.9 Å². The molecule has 2 unspecified atom stereocenters. The largest absolute Gasteiger partial charge is 0.368 e. The number of hydrogen-bond acceptors (Lipinski definition) is 3. The molecule has 18 heavy (non-hydrogen) atoms. The number of primary amides is 1. The minimum absolute atomic E-state index is 0.0383. The second kappa shape index (κ2) is 5.26. The Bertz CT molecular complexity index is 337. The van der Waals surface area contributed by atoms with Crippen molar-refractivity contribution in [2.45, 2.75) is 62.9 Å². The lowest BCUT2D eigenvalue weighted by atomic mass is 9.80. The Morgan fingerprint density at radius 2 is 1.78 bits per heavy atom. The van der Waals surface area contributed by atoms with Gasteiger partial charge in [-0.2, -0.15) is 0 Å². The Morgan fingerprint density at radius 3 is 2.28 bits per heavy atom. The van der Waals surface area contributed by atoms with Gasteiger partial charge in [-0.3, -0.25) is 9.59 Å². The van der Waals surface area contributed by atoms with Crippen molar-refractivity contribution in [3.8, 4) is 0 Å². The summed E-state index contributed by atoms with van der Waals surface area (Å²) in [5.41, 5.74) is 10.5. The molecule has 102 valence electrons. The van der Waals surface area contributed by atoms with Crippen LogP contribution in [-0.4, -0.2) is 23.4 Å². The molecule has 2 saturated carbocycles. The Hall–Kier alpha value is -1.10. The summed E-state index contributed by atoms with van der Waals surface area (Å²) in [5, 5.41) is 2.93. The van der Waals surface area contributed by atoms with Gasteiger partial charge in [-0.15, -0.1) is 0 Å². The summed E-state index contributed by atoms with van der Waals surface area (Å²) in [6, 6.07) is 0.122. The van der Waals surface area contributed by atoms with E-state index >= 15 is 0 Å². The quantitative estimate of drug-likeness (QED) is 0.679. The fraction of sp³-hybridized carbons (Fsp3) is 0.846. The van der Waals surface area contributed by atoms with Gasteiger partial charge in [-0.25, -0.2) is 0 Å². The van der Waals surface area contributed by atoms with Gasteiger partial charge < -0.3 is 16.8 Å². The number of carbonyl (C=O) groups excluding carboxylic acids is 2. The lowest BCUT2D eigenvalue weighted by Crippen LogP contribution is -2.59. The van der Waals surface area contributed by atoms with Crippen LogP contribution < -0.4 is 16.8 Å². The van der Waals surface area contributed by atoms with Crippen LogP contribution in [-0.2, 0) is 9.59 Å². The molecular weight excluding hydrogens is 230 g/mol. The summed E-state index contributed by atoms with van der Waals surface area (Å²) in [5.74, 6) is -0.473. The molecule has 2 fully saturated rings. The maximum atomic E-state index is 12.2. The molecule has 5 N–H and O–H groups in total. The summed E-state index contributed by atoms with van der Waals surface area (Å²) >= 11 is 0. The highest BCUT2D eigenvalue weighted by Crippen LogP contribution is 2.30. The summed E-state index contributed by atoms with van der Waals surface area (Å²) < 4.78 is 0. The second-order valence-corrected chi connectivity index (χ2v) is 5.77. The number of amides is 2. The van der Waals surface area contributed by atoms with Gasteiger partial charge in [0.2, 0.25) is 11.8 Å². The Labute approximate surface area is 108 Å². The number of nitrogens with one attached hydrogen (secondary N) is 1. The van der Waals surface area contributed by atoms with Crippen LogP contribution in [0.4, 0.5) is 0 Å². The predicted molar refractivity (Wildman–Crippen MR) is 68.5 cm³/mol. The predicted octanol–water partition coefficient (Wildman–Crippen LogP) is 0.418. The summed E-state index contributed by atoms with van der Waals surface area (Å²) in [6.07, 6.45) is 6.80. The van der Waals surface area contributed by atoms with Gasteiger partial charge in [-0.05, 0) is 32.1 Å². The van der Waals surface area contributed by atoms with Gasteiger partial charge in [0, 0.05) is 12.0 Å². The van der Waals surface area contributed by atoms with Crippen LogP contribution in [0.2, 0.25) is 0 Å². The minimum atomic E-state index is -0.804. The molecule has 0 aliphatic heterocycles. The maximum absolute atomic E-state index is 12.2. The molecule has 5 heteroatoms. The SMILES string of the molecule is NC(=O)C1(NC(=O)C2CCC(N)C2)CCCCC1. The third kappa shape index (κ3) is 2.66. The molecule has 2 aliphatic rings. The van der Waals surface area contributed by atoms with Gasteiger partial charge in [-0.1, -0.05) is 19.3 Å². The first-order valence-electron chi connectivity index (χ1n) is 6.91. The molecule has 0 heterocycles. The first-order valence-corrected chi connectivity index (χ1v) is 6.91. The van der Waals surface area contributed by atoms with Crippen molar-refractivity contribution in [3.05, 3.63) is 0 Å². The minimum Gasteiger partial charge on any atom is -0.368 e. The standard InChI is InChI=1S/C13H23N3O2/c14-10-5-4-9(8-10)11(17)16-13(12(15)18)6-2-1-3-7-13/h9-10H,1-8,14H2,(H2,15,18)(H,16,17). The maximum Gasteiger partial charge on any atom is 0.243 e. The van der Waals surface area contributed by atoms with Crippen molar-refractivity contribution < 1.29 is 9.59 Å². The first kappa shape index (κ1) is 13.3. The first-order chi connectivity index (χ1) is 8.53. The topological polar surface area (TPSA) is 98.2 Å². The third-order valence-electron chi connectivity index (χ3n) is 4.39. The average molecular weight is 253 g/mol. The smallest absolute Gasteiger partial charge is 0.243 e. The molecule has 0 saturated heterocycles. The van der Waals surface area contributed by atoms with E-state index < -0.39 is 11.4 Å². The number of hydrogen-bond donors (Lipinski definition) is 3. The van der Waals surface area contributed by atoms with Crippen LogP contribution in [0, 0.1) is 5.92 Å². The molecule has 0 aromatic rings. The molecule has 2 atom stereocenters. The highest BCUT2D eigenvalue weighted by molar-refractivity contribution is 5.91. The van der Waals surface area contributed by atoms with Crippen molar-refractivity contribution in [2.75, 3.05) is 0 Å². The van der Waals surface area contributed by atoms with Gasteiger partial charge >= 0.3 is 0 Å². The number of nitrogens with two attached hydrogens (primary N) is 2. The zero-order chi connectivity index (χ0) is 13.2. The van der Waals surface area contributed by atoms with Gasteiger partial charge in [0.25, 0.3) is 0 Å². The monoisotopic (exact) mass is 253 g/mol. The Balaban J connectivity index is 2.00. The van der Waals surface area contributed by atoms with Crippen molar-refractivity contribution >= 4 is 11.8 Å². The molecule has 0 aromatic heterocycles. The molecule has 0 bridgehead atoms. The van der Waals surface area contributed by atoms with Crippen LogP contribution in [0.25, 0.3) is 0 Å². The molecule has 2 amide bonds. The molecule has 2 rings (SSSR count). The molecule has 5 nitrogen and oxygen atoms in total. The molecule has 0 spiro atoms. The zero-order valence-corrected chi connectivity index (χ0v) is 10.8.